The van der Waals surface area contributed by atoms with E-state index in [1.165, 1.54) is 34.4 Å². The average Bonchev–Trinajstić information content (AvgIpc) is 3.14. The molecule has 3 rings (SSSR count). The van der Waals surface area contributed by atoms with Crippen LogP contribution >= 0.6 is 23.6 Å². The van der Waals surface area contributed by atoms with Gasteiger partial charge in [0.2, 0.25) is 4.77 Å². The monoisotopic (exact) mass is 354 g/mol. The molecule has 2 heterocycles. The molecular weight excluding hydrogens is 345 g/mol. The van der Waals surface area contributed by atoms with Gasteiger partial charge in [-0.1, -0.05) is 18.2 Å². The lowest BCUT2D eigenvalue weighted by Gasteiger charge is -2.05. The highest BCUT2D eigenvalue weighted by Gasteiger charge is 2.29. The van der Waals surface area contributed by atoms with Crippen LogP contribution < -0.4 is 0 Å². The van der Waals surface area contributed by atoms with E-state index >= 15 is 0 Å². The normalized spacial score (nSPS) is 12.1. The molecule has 0 atom stereocenters. The number of hydrogen-bond acceptors (Lipinski definition) is 4. The highest BCUT2D eigenvalue weighted by molar-refractivity contribution is 7.71. The van der Waals surface area contributed by atoms with Crippen LogP contribution in [0.4, 0.5) is 13.2 Å². The number of aromatic amines is 1. The van der Waals surface area contributed by atoms with E-state index in [-0.39, 0.29) is 0 Å². The Morgan fingerprint density at radius 3 is 2.57 bits per heavy atom. The van der Waals surface area contributed by atoms with Gasteiger partial charge in [-0.2, -0.15) is 28.0 Å². The highest BCUT2D eigenvalue weighted by Crippen LogP contribution is 2.29. The summed E-state index contributed by atoms with van der Waals surface area (Å²) in [5.41, 5.74) is -0.174. The molecule has 0 radical (unpaired) electrons. The SMILES string of the molecule is FC(F)(F)c1ccc(/C=N\n2c(-c3cccs3)n[nH]c2=S)cc1. The molecule has 0 aliphatic heterocycles. The lowest BCUT2D eigenvalue weighted by atomic mass is 10.1. The molecule has 0 bridgehead atoms. The summed E-state index contributed by atoms with van der Waals surface area (Å²) in [6.07, 6.45) is -2.92. The van der Waals surface area contributed by atoms with Crippen LogP contribution in [0.5, 0.6) is 0 Å². The summed E-state index contributed by atoms with van der Waals surface area (Å²) in [5.74, 6) is 0.549. The van der Waals surface area contributed by atoms with E-state index < -0.39 is 11.7 Å². The van der Waals surface area contributed by atoms with E-state index in [1.54, 1.807) is 0 Å². The molecule has 3 aromatic rings. The second-order valence-electron chi connectivity index (χ2n) is 4.51. The Morgan fingerprint density at radius 1 is 1.22 bits per heavy atom. The number of rotatable bonds is 3. The number of halogens is 3. The molecule has 23 heavy (non-hydrogen) atoms. The Kier molecular flexibility index (Phi) is 4.14. The third-order valence-electron chi connectivity index (χ3n) is 2.95. The molecule has 0 fully saturated rings. The minimum Gasteiger partial charge on any atom is -0.250 e. The maximum Gasteiger partial charge on any atom is 0.416 e. The molecule has 0 aliphatic carbocycles. The molecule has 0 unspecified atom stereocenters. The first-order chi connectivity index (χ1) is 10.9. The minimum absolute atomic E-state index is 0.302. The maximum absolute atomic E-state index is 12.5. The predicted octanol–water partition coefficient (Wildman–Crippen LogP) is 4.57. The third kappa shape index (κ3) is 3.40. The number of aromatic nitrogens is 3. The van der Waals surface area contributed by atoms with E-state index in [9.17, 15) is 13.2 Å². The molecule has 9 heteroatoms. The standard InChI is InChI=1S/C14H9F3N4S2/c15-14(16,17)10-5-3-9(4-6-10)8-18-21-12(19-20-13(21)22)11-2-1-7-23-11/h1-8H,(H,20,22)/b18-8-. The van der Waals surface area contributed by atoms with Gasteiger partial charge in [0.25, 0.3) is 0 Å². The second kappa shape index (κ2) is 6.09. The molecular formula is C14H9F3N4S2. The molecule has 1 N–H and O–H groups in total. The number of nitrogens with one attached hydrogen (secondary N) is 1. The topological polar surface area (TPSA) is 46.0 Å². The van der Waals surface area contributed by atoms with Crippen LogP contribution in [0.25, 0.3) is 10.7 Å². The molecule has 0 saturated carbocycles. The van der Waals surface area contributed by atoms with Crippen LogP contribution in [0.1, 0.15) is 11.1 Å². The first-order valence-electron chi connectivity index (χ1n) is 6.38. The van der Waals surface area contributed by atoms with Gasteiger partial charge in [-0.3, -0.25) is 0 Å². The Bertz CT molecular complexity index is 874. The summed E-state index contributed by atoms with van der Waals surface area (Å²) >= 11 is 6.60. The fourth-order valence-electron chi connectivity index (χ4n) is 1.85. The number of nitrogens with zero attached hydrogens (tertiary/aromatic N) is 3. The molecule has 0 spiro atoms. The molecule has 118 valence electrons. The molecule has 0 amide bonds. The molecule has 2 aromatic heterocycles. The van der Waals surface area contributed by atoms with Crippen molar-refractivity contribution in [1.82, 2.24) is 14.9 Å². The third-order valence-corrected chi connectivity index (χ3v) is 4.08. The number of benzene rings is 1. The molecule has 0 saturated heterocycles. The number of H-pyrrole nitrogens is 1. The van der Waals surface area contributed by atoms with Crippen molar-refractivity contribution < 1.29 is 13.2 Å². The van der Waals surface area contributed by atoms with E-state index in [1.807, 2.05) is 17.5 Å². The van der Waals surface area contributed by atoms with E-state index in [2.05, 4.69) is 15.3 Å². The minimum atomic E-state index is -4.35. The van der Waals surface area contributed by atoms with Crippen molar-refractivity contribution in [2.24, 2.45) is 5.10 Å². The first kappa shape index (κ1) is 15.6. The van der Waals surface area contributed by atoms with Crippen molar-refractivity contribution >= 4 is 29.8 Å². The fraction of sp³-hybridized carbons (Fsp3) is 0.0714. The Labute approximate surface area is 137 Å². The second-order valence-corrected chi connectivity index (χ2v) is 5.84. The lowest BCUT2D eigenvalue weighted by Crippen LogP contribution is -2.04. The van der Waals surface area contributed by atoms with Crippen LogP contribution in [0.3, 0.4) is 0 Å². The van der Waals surface area contributed by atoms with Crippen LogP contribution in [0, 0.1) is 4.77 Å². The summed E-state index contributed by atoms with van der Waals surface area (Å²) in [6, 6.07) is 8.47. The summed E-state index contributed by atoms with van der Waals surface area (Å²) < 4.78 is 39.3. The van der Waals surface area contributed by atoms with E-state index in [0.717, 1.165) is 17.0 Å². The van der Waals surface area contributed by atoms with Gasteiger partial charge in [0, 0.05) is 0 Å². The largest absolute Gasteiger partial charge is 0.416 e. The van der Waals surface area contributed by atoms with Crippen LogP contribution in [0.2, 0.25) is 0 Å². The van der Waals surface area contributed by atoms with Gasteiger partial charge in [0.05, 0.1) is 16.7 Å². The number of hydrogen-bond donors (Lipinski definition) is 1. The highest BCUT2D eigenvalue weighted by atomic mass is 32.1. The summed E-state index contributed by atoms with van der Waals surface area (Å²) in [6.45, 7) is 0. The molecule has 1 aromatic carbocycles. The van der Waals surface area contributed by atoms with Crippen LogP contribution in [-0.2, 0) is 6.18 Å². The zero-order chi connectivity index (χ0) is 16.4. The summed E-state index contributed by atoms with van der Waals surface area (Å²) in [7, 11) is 0. The van der Waals surface area contributed by atoms with Gasteiger partial charge in [0.1, 0.15) is 0 Å². The van der Waals surface area contributed by atoms with E-state index in [4.69, 9.17) is 12.2 Å². The van der Waals surface area contributed by atoms with Crippen LogP contribution in [-0.4, -0.2) is 21.1 Å². The maximum atomic E-state index is 12.5. The van der Waals surface area contributed by atoms with Crippen molar-refractivity contribution in [2.75, 3.05) is 0 Å². The Morgan fingerprint density at radius 2 is 1.96 bits per heavy atom. The van der Waals surface area contributed by atoms with Crippen molar-refractivity contribution in [1.29, 1.82) is 0 Å². The van der Waals surface area contributed by atoms with Gasteiger partial charge in [0.15, 0.2) is 5.82 Å². The predicted molar refractivity (Wildman–Crippen MR) is 85.2 cm³/mol. The molecule has 0 aliphatic rings. The fourth-order valence-corrected chi connectivity index (χ4v) is 2.72. The van der Waals surface area contributed by atoms with Gasteiger partial charge >= 0.3 is 6.18 Å². The van der Waals surface area contributed by atoms with Crippen molar-refractivity contribution in [2.45, 2.75) is 6.18 Å². The quantitative estimate of drug-likeness (QED) is 0.553. The summed E-state index contributed by atoms with van der Waals surface area (Å²) in [4.78, 5) is 0.877. The van der Waals surface area contributed by atoms with Crippen molar-refractivity contribution in [3.8, 4) is 10.7 Å². The van der Waals surface area contributed by atoms with Gasteiger partial charge in [-0.05, 0) is 41.4 Å². The van der Waals surface area contributed by atoms with E-state index in [0.29, 0.717) is 16.2 Å². The Balaban J connectivity index is 1.89. The number of alkyl halides is 3. The smallest absolute Gasteiger partial charge is 0.250 e. The zero-order valence-electron chi connectivity index (χ0n) is 11.4. The average molecular weight is 354 g/mol. The number of thiophene rings is 1. The first-order valence-corrected chi connectivity index (χ1v) is 7.67. The van der Waals surface area contributed by atoms with Crippen molar-refractivity contribution in [3.63, 3.8) is 0 Å². The van der Waals surface area contributed by atoms with Crippen LogP contribution in [0.15, 0.2) is 46.9 Å². The molecule has 4 nitrogen and oxygen atoms in total. The lowest BCUT2D eigenvalue weighted by molar-refractivity contribution is -0.137. The van der Waals surface area contributed by atoms with Crippen molar-refractivity contribution in [3.05, 3.63) is 57.7 Å². The van der Waals surface area contributed by atoms with Gasteiger partial charge in [-0.25, -0.2) is 5.10 Å². The van der Waals surface area contributed by atoms with Gasteiger partial charge in [-0.15, -0.1) is 11.3 Å². The Hall–Kier alpha value is -2.26. The zero-order valence-corrected chi connectivity index (χ0v) is 13.0. The van der Waals surface area contributed by atoms with Gasteiger partial charge < -0.3 is 0 Å². The summed E-state index contributed by atoms with van der Waals surface area (Å²) in [5, 5.41) is 12.9.